The van der Waals surface area contributed by atoms with E-state index in [0.717, 1.165) is 18.2 Å². The van der Waals surface area contributed by atoms with Gasteiger partial charge in [-0.15, -0.1) is 0 Å². The number of nitriles is 1. The van der Waals surface area contributed by atoms with Gasteiger partial charge in [0.2, 0.25) is 0 Å². The van der Waals surface area contributed by atoms with Gasteiger partial charge in [0.1, 0.15) is 23.4 Å². The number of alkyl halides is 3. The van der Waals surface area contributed by atoms with Crippen LogP contribution in [-0.4, -0.2) is 4.98 Å². The summed E-state index contributed by atoms with van der Waals surface area (Å²) < 4.78 is 51.0. The molecule has 0 aliphatic carbocycles. The lowest BCUT2D eigenvalue weighted by molar-refractivity contribution is -0.141. The van der Waals surface area contributed by atoms with Gasteiger partial charge in [-0.25, -0.2) is 9.37 Å². The van der Waals surface area contributed by atoms with Crippen molar-refractivity contribution in [3.63, 3.8) is 0 Å². The first kappa shape index (κ1) is 14.8. The van der Waals surface area contributed by atoms with Crippen molar-refractivity contribution in [3.8, 4) is 6.07 Å². The van der Waals surface area contributed by atoms with E-state index in [1.54, 1.807) is 13.0 Å². The molecule has 1 heterocycles. The zero-order valence-electron chi connectivity index (χ0n) is 10.8. The van der Waals surface area contributed by atoms with Gasteiger partial charge in [0, 0.05) is 5.69 Å². The first-order valence-corrected chi connectivity index (χ1v) is 5.83. The third-order valence-corrected chi connectivity index (χ3v) is 2.75. The fraction of sp³-hybridized carbons (Fsp3) is 0.143. The molecule has 0 bridgehead atoms. The maximum absolute atomic E-state index is 13.0. The van der Waals surface area contributed by atoms with Crippen LogP contribution in [0.5, 0.6) is 0 Å². The molecular formula is C14H9F4N3. The van der Waals surface area contributed by atoms with E-state index < -0.39 is 17.7 Å². The second-order valence-electron chi connectivity index (χ2n) is 4.29. The Morgan fingerprint density at radius 1 is 1.19 bits per heavy atom. The zero-order valence-corrected chi connectivity index (χ0v) is 10.8. The highest BCUT2D eigenvalue weighted by molar-refractivity contribution is 5.65. The van der Waals surface area contributed by atoms with Gasteiger partial charge >= 0.3 is 6.18 Å². The number of aromatic nitrogens is 1. The number of pyridine rings is 1. The van der Waals surface area contributed by atoms with Crippen LogP contribution in [0.15, 0.2) is 30.3 Å². The van der Waals surface area contributed by atoms with E-state index >= 15 is 0 Å². The minimum atomic E-state index is -4.61. The number of anilines is 2. The Kier molecular flexibility index (Phi) is 3.80. The number of nitrogens with zero attached hydrogens (tertiary/aromatic N) is 2. The van der Waals surface area contributed by atoms with E-state index in [-0.39, 0.29) is 11.4 Å². The van der Waals surface area contributed by atoms with E-state index in [0.29, 0.717) is 11.3 Å². The number of benzene rings is 1. The molecule has 0 radical (unpaired) electrons. The topological polar surface area (TPSA) is 48.7 Å². The van der Waals surface area contributed by atoms with Crippen molar-refractivity contribution in [2.45, 2.75) is 13.1 Å². The lowest BCUT2D eigenvalue weighted by Crippen LogP contribution is -2.10. The van der Waals surface area contributed by atoms with E-state index in [9.17, 15) is 17.6 Å². The van der Waals surface area contributed by atoms with Crippen molar-refractivity contribution in [2.24, 2.45) is 0 Å². The highest BCUT2D eigenvalue weighted by Crippen LogP contribution is 2.30. The lowest BCUT2D eigenvalue weighted by atomic mass is 10.2. The van der Waals surface area contributed by atoms with Gasteiger partial charge < -0.3 is 5.32 Å². The molecule has 3 nitrogen and oxygen atoms in total. The summed E-state index contributed by atoms with van der Waals surface area (Å²) in [4.78, 5) is 3.42. The van der Waals surface area contributed by atoms with Crippen LogP contribution < -0.4 is 5.32 Å². The van der Waals surface area contributed by atoms with E-state index in [1.807, 2.05) is 0 Å². The van der Waals surface area contributed by atoms with Crippen LogP contribution in [0.3, 0.4) is 0 Å². The van der Waals surface area contributed by atoms with Crippen molar-refractivity contribution in [1.29, 1.82) is 5.26 Å². The highest BCUT2D eigenvalue weighted by Gasteiger charge is 2.33. The summed E-state index contributed by atoms with van der Waals surface area (Å²) in [5.74, 6) is -0.683. The molecule has 0 saturated heterocycles. The van der Waals surface area contributed by atoms with Gasteiger partial charge in [0.15, 0.2) is 0 Å². The smallest absolute Gasteiger partial charge is 0.339 e. The molecule has 0 fully saturated rings. The zero-order chi connectivity index (χ0) is 15.6. The summed E-state index contributed by atoms with van der Waals surface area (Å²) >= 11 is 0. The number of aryl methyl sites for hydroxylation is 1. The lowest BCUT2D eigenvalue weighted by Gasteiger charge is -2.12. The molecule has 0 atom stereocenters. The predicted octanol–water partition coefficient (Wildman–Crippen LogP) is 4.16. The van der Waals surface area contributed by atoms with Crippen LogP contribution in [0.25, 0.3) is 0 Å². The molecule has 0 aliphatic heterocycles. The van der Waals surface area contributed by atoms with Gasteiger partial charge in [-0.05, 0) is 42.8 Å². The standard InChI is InChI=1S/C14H9F4N3/c1-8-6-10(15)3-4-11(8)20-13-9(7-19)2-5-12(21-13)14(16,17)18/h2-6H,1H3,(H,20,21). The summed E-state index contributed by atoms with van der Waals surface area (Å²) in [5.41, 5.74) is -0.284. The molecule has 1 aromatic heterocycles. The molecule has 2 rings (SSSR count). The third kappa shape index (κ3) is 3.28. The quantitative estimate of drug-likeness (QED) is 0.846. The summed E-state index contributed by atoms with van der Waals surface area (Å²) in [6.45, 7) is 1.59. The van der Waals surface area contributed by atoms with Crippen molar-refractivity contribution >= 4 is 11.5 Å². The minimum Gasteiger partial charge on any atom is -0.339 e. The van der Waals surface area contributed by atoms with E-state index in [1.165, 1.54) is 12.1 Å². The first-order valence-electron chi connectivity index (χ1n) is 5.83. The molecular weight excluding hydrogens is 286 g/mol. The monoisotopic (exact) mass is 295 g/mol. The fourth-order valence-electron chi connectivity index (χ4n) is 1.70. The largest absolute Gasteiger partial charge is 0.433 e. The Balaban J connectivity index is 2.45. The fourth-order valence-corrected chi connectivity index (χ4v) is 1.70. The first-order chi connectivity index (χ1) is 9.81. The number of nitrogens with one attached hydrogen (secondary N) is 1. The molecule has 108 valence electrons. The van der Waals surface area contributed by atoms with Gasteiger partial charge in [0.05, 0.1) is 5.56 Å². The molecule has 21 heavy (non-hydrogen) atoms. The molecule has 2 aromatic rings. The normalized spacial score (nSPS) is 11.0. The summed E-state index contributed by atoms with van der Waals surface area (Å²) in [6.07, 6.45) is -4.61. The molecule has 7 heteroatoms. The second-order valence-corrected chi connectivity index (χ2v) is 4.29. The van der Waals surface area contributed by atoms with Crippen LogP contribution in [0.2, 0.25) is 0 Å². The van der Waals surface area contributed by atoms with Crippen LogP contribution in [0.4, 0.5) is 29.1 Å². The number of hydrogen-bond acceptors (Lipinski definition) is 3. The van der Waals surface area contributed by atoms with E-state index in [4.69, 9.17) is 5.26 Å². The average Bonchev–Trinajstić information content (AvgIpc) is 2.41. The van der Waals surface area contributed by atoms with Crippen molar-refractivity contribution in [3.05, 3.63) is 53.0 Å². The molecule has 0 spiro atoms. The predicted molar refractivity (Wildman–Crippen MR) is 68.4 cm³/mol. The van der Waals surface area contributed by atoms with Crippen LogP contribution in [0, 0.1) is 24.1 Å². The number of halogens is 4. The molecule has 1 N–H and O–H groups in total. The SMILES string of the molecule is Cc1cc(F)ccc1Nc1nc(C(F)(F)F)ccc1C#N. The summed E-state index contributed by atoms with van der Waals surface area (Å²) in [5, 5.41) is 11.6. The minimum absolute atomic E-state index is 0.0354. The van der Waals surface area contributed by atoms with Gasteiger partial charge in [-0.1, -0.05) is 0 Å². The molecule has 0 unspecified atom stereocenters. The van der Waals surface area contributed by atoms with Crippen LogP contribution in [0.1, 0.15) is 16.8 Å². The number of hydrogen-bond donors (Lipinski definition) is 1. The molecule has 1 aromatic carbocycles. The molecule has 0 saturated carbocycles. The maximum Gasteiger partial charge on any atom is 0.433 e. The number of rotatable bonds is 2. The Bertz CT molecular complexity index is 717. The van der Waals surface area contributed by atoms with Crippen molar-refractivity contribution < 1.29 is 17.6 Å². The Labute approximate surface area is 117 Å². The summed E-state index contributed by atoms with van der Waals surface area (Å²) in [6, 6.07) is 7.29. The maximum atomic E-state index is 13.0. The van der Waals surface area contributed by atoms with Gasteiger partial charge in [0.25, 0.3) is 0 Å². The van der Waals surface area contributed by atoms with Gasteiger partial charge in [-0.2, -0.15) is 18.4 Å². The van der Waals surface area contributed by atoms with Crippen LogP contribution >= 0.6 is 0 Å². The second kappa shape index (κ2) is 5.40. The average molecular weight is 295 g/mol. The molecule has 0 amide bonds. The summed E-state index contributed by atoms with van der Waals surface area (Å²) in [7, 11) is 0. The Hall–Kier alpha value is -2.62. The molecule has 0 aliphatic rings. The van der Waals surface area contributed by atoms with Crippen molar-refractivity contribution in [2.75, 3.05) is 5.32 Å². The van der Waals surface area contributed by atoms with Crippen molar-refractivity contribution in [1.82, 2.24) is 4.98 Å². The third-order valence-electron chi connectivity index (χ3n) is 2.75. The van der Waals surface area contributed by atoms with Crippen LogP contribution in [-0.2, 0) is 6.18 Å². The highest BCUT2D eigenvalue weighted by atomic mass is 19.4. The van der Waals surface area contributed by atoms with E-state index in [2.05, 4.69) is 10.3 Å². The van der Waals surface area contributed by atoms with Gasteiger partial charge in [-0.3, -0.25) is 0 Å². The Morgan fingerprint density at radius 2 is 1.90 bits per heavy atom. The Morgan fingerprint density at radius 3 is 2.48 bits per heavy atom.